The van der Waals surface area contributed by atoms with Gasteiger partial charge in [-0.3, -0.25) is 5.10 Å². The van der Waals surface area contributed by atoms with Gasteiger partial charge in [-0.1, -0.05) is 12.6 Å². The molecule has 4 rings (SSSR count). The molecule has 2 aromatic heterocycles. The zero-order valence-electron chi connectivity index (χ0n) is 15.5. The Bertz CT molecular complexity index is 987. The molecule has 0 radical (unpaired) electrons. The van der Waals surface area contributed by atoms with Gasteiger partial charge in [-0.05, 0) is 36.5 Å². The van der Waals surface area contributed by atoms with E-state index in [1.165, 1.54) is 18.0 Å². The molecule has 0 spiro atoms. The number of nitrogens with zero attached hydrogens (tertiary/aromatic N) is 4. The number of benzene rings is 1. The first-order chi connectivity index (χ1) is 13.8. The number of hydrogen-bond acceptors (Lipinski definition) is 6. The molecule has 1 saturated heterocycles. The van der Waals surface area contributed by atoms with Gasteiger partial charge < -0.3 is 19.6 Å². The van der Waals surface area contributed by atoms with E-state index in [9.17, 15) is 0 Å². The fourth-order valence-corrected chi connectivity index (χ4v) is 3.31. The Kier molecular flexibility index (Phi) is 5.17. The van der Waals surface area contributed by atoms with Crippen LogP contribution in [-0.2, 0) is 4.74 Å². The predicted octanol–water partition coefficient (Wildman–Crippen LogP) is 4.06. The highest BCUT2D eigenvalue weighted by molar-refractivity contribution is 5.71. The number of H-pyrrole nitrogens is 1. The first kappa shape index (κ1) is 17.9. The molecule has 8 nitrogen and oxygen atoms in total. The molecule has 0 bridgehead atoms. The van der Waals surface area contributed by atoms with E-state index in [4.69, 9.17) is 16.0 Å². The molecule has 1 aliphatic heterocycles. The summed E-state index contributed by atoms with van der Waals surface area (Å²) in [7, 11) is 1.68. The lowest BCUT2D eigenvalue weighted by Gasteiger charge is -2.23. The number of ether oxygens (including phenoxy) is 2. The van der Waals surface area contributed by atoms with Gasteiger partial charge >= 0.3 is 0 Å². The summed E-state index contributed by atoms with van der Waals surface area (Å²) in [6.45, 7) is 8.54. The molecule has 0 aliphatic carbocycles. The van der Waals surface area contributed by atoms with E-state index in [1.54, 1.807) is 7.11 Å². The summed E-state index contributed by atoms with van der Waals surface area (Å²) < 4.78 is 11.1. The zero-order chi connectivity index (χ0) is 19.3. The van der Waals surface area contributed by atoms with Crippen LogP contribution in [0.5, 0.6) is 5.75 Å². The van der Waals surface area contributed by atoms with E-state index in [2.05, 4.69) is 48.5 Å². The summed E-state index contributed by atoms with van der Waals surface area (Å²) in [6.07, 6.45) is 4.99. The highest BCUT2D eigenvalue weighted by Gasteiger charge is 2.18. The quantitative estimate of drug-likeness (QED) is 0.653. The van der Waals surface area contributed by atoms with Crippen LogP contribution >= 0.6 is 0 Å². The van der Waals surface area contributed by atoms with Crippen molar-refractivity contribution in [1.29, 1.82) is 0 Å². The molecular weight excluding hydrogens is 356 g/mol. The van der Waals surface area contributed by atoms with Gasteiger partial charge in [-0.2, -0.15) is 5.10 Å². The first-order valence-corrected chi connectivity index (χ1v) is 9.05. The van der Waals surface area contributed by atoms with Crippen LogP contribution in [-0.4, -0.2) is 40.5 Å². The maximum atomic E-state index is 6.92. The van der Waals surface area contributed by atoms with E-state index in [1.807, 2.05) is 6.07 Å². The lowest BCUT2D eigenvalue weighted by atomic mass is 9.90. The van der Waals surface area contributed by atoms with Crippen LogP contribution in [0.3, 0.4) is 0 Å². The van der Waals surface area contributed by atoms with E-state index < -0.39 is 0 Å². The number of aromatic nitrogens is 4. The number of anilines is 2. The summed E-state index contributed by atoms with van der Waals surface area (Å²) in [6, 6.07) is 8.20. The van der Waals surface area contributed by atoms with Crippen molar-refractivity contribution in [1.82, 2.24) is 20.2 Å². The van der Waals surface area contributed by atoms with Crippen LogP contribution in [0.2, 0.25) is 0 Å². The Morgan fingerprint density at radius 1 is 1.18 bits per heavy atom. The minimum Gasteiger partial charge on any atom is -0.496 e. The minimum atomic E-state index is 0.252. The van der Waals surface area contributed by atoms with Crippen molar-refractivity contribution in [3.05, 3.63) is 53.6 Å². The third-order valence-corrected chi connectivity index (χ3v) is 4.80. The van der Waals surface area contributed by atoms with Gasteiger partial charge in [0.25, 0.3) is 5.82 Å². The molecule has 0 unspecified atom stereocenters. The van der Waals surface area contributed by atoms with Crippen molar-refractivity contribution in [3.63, 3.8) is 0 Å². The van der Waals surface area contributed by atoms with Gasteiger partial charge in [-0.15, -0.1) is 4.98 Å². The monoisotopic (exact) mass is 376 g/mol. The molecule has 28 heavy (non-hydrogen) atoms. The fraction of sp³-hybridized carbons (Fsp3) is 0.300. The average molecular weight is 376 g/mol. The molecule has 3 heterocycles. The summed E-state index contributed by atoms with van der Waals surface area (Å²) >= 11 is 0. The van der Waals surface area contributed by atoms with E-state index in [0.717, 1.165) is 43.1 Å². The van der Waals surface area contributed by atoms with Gasteiger partial charge in [0.2, 0.25) is 0 Å². The second-order valence-electron chi connectivity index (χ2n) is 6.51. The van der Waals surface area contributed by atoms with Gasteiger partial charge in [-0.25, -0.2) is 4.98 Å². The second kappa shape index (κ2) is 8.06. The van der Waals surface area contributed by atoms with Crippen molar-refractivity contribution in [2.45, 2.75) is 18.8 Å². The average Bonchev–Trinajstić information content (AvgIpc) is 3.22. The second-order valence-corrected chi connectivity index (χ2v) is 6.51. The Labute approximate surface area is 162 Å². The minimum absolute atomic E-state index is 0.252. The summed E-state index contributed by atoms with van der Waals surface area (Å²) in [5.41, 5.74) is 3.05. The first-order valence-electron chi connectivity index (χ1n) is 9.05. The van der Waals surface area contributed by atoms with Crippen molar-refractivity contribution in [2.24, 2.45) is 0 Å². The standard InChI is InChI=1S/C20H20N6O2/c1-21-19-11-23-20(12-22-19)24-18-10-16(25-26-18)15-4-3-14(9-17(15)27-2)13-5-7-28-8-6-13/h3-4,9-13H,5-8H2,2H3,(H2,23,24,25,26). The molecule has 1 fully saturated rings. The molecule has 0 atom stereocenters. The van der Waals surface area contributed by atoms with Crippen LogP contribution in [0.1, 0.15) is 24.3 Å². The van der Waals surface area contributed by atoms with E-state index in [-0.39, 0.29) is 5.82 Å². The van der Waals surface area contributed by atoms with Crippen LogP contribution in [0.15, 0.2) is 36.7 Å². The van der Waals surface area contributed by atoms with Crippen LogP contribution in [0, 0.1) is 6.57 Å². The predicted molar refractivity (Wildman–Crippen MR) is 105 cm³/mol. The lowest BCUT2D eigenvalue weighted by Crippen LogP contribution is -2.14. The molecule has 0 saturated carbocycles. The van der Waals surface area contributed by atoms with Gasteiger partial charge in [0.1, 0.15) is 5.75 Å². The van der Waals surface area contributed by atoms with Crippen LogP contribution in [0.4, 0.5) is 17.5 Å². The Morgan fingerprint density at radius 3 is 2.75 bits per heavy atom. The highest BCUT2D eigenvalue weighted by Crippen LogP contribution is 2.35. The van der Waals surface area contributed by atoms with Crippen molar-refractivity contribution in [2.75, 3.05) is 25.6 Å². The van der Waals surface area contributed by atoms with Crippen molar-refractivity contribution >= 4 is 17.5 Å². The molecular formula is C20H20N6O2. The number of aromatic amines is 1. The number of methoxy groups -OCH3 is 1. The normalized spacial score (nSPS) is 14.4. The molecule has 1 aromatic carbocycles. The Morgan fingerprint density at radius 2 is 2.04 bits per heavy atom. The van der Waals surface area contributed by atoms with Crippen molar-refractivity contribution < 1.29 is 9.47 Å². The van der Waals surface area contributed by atoms with Crippen molar-refractivity contribution in [3.8, 4) is 17.0 Å². The maximum absolute atomic E-state index is 6.92. The smallest absolute Gasteiger partial charge is 0.288 e. The zero-order valence-corrected chi connectivity index (χ0v) is 15.5. The molecule has 8 heteroatoms. The summed E-state index contributed by atoms with van der Waals surface area (Å²) in [5, 5.41) is 10.4. The van der Waals surface area contributed by atoms with E-state index in [0.29, 0.717) is 17.6 Å². The highest BCUT2D eigenvalue weighted by atomic mass is 16.5. The fourth-order valence-electron chi connectivity index (χ4n) is 3.31. The Hall–Kier alpha value is -3.44. The molecule has 1 aliphatic rings. The number of hydrogen-bond donors (Lipinski definition) is 2. The third-order valence-electron chi connectivity index (χ3n) is 4.80. The van der Waals surface area contributed by atoms with Gasteiger partial charge in [0.05, 0.1) is 19.0 Å². The third kappa shape index (κ3) is 3.80. The summed E-state index contributed by atoms with van der Waals surface area (Å²) in [4.78, 5) is 11.4. The maximum Gasteiger partial charge on any atom is 0.288 e. The molecule has 3 aromatic rings. The van der Waals surface area contributed by atoms with E-state index >= 15 is 0 Å². The number of rotatable bonds is 5. The SMILES string of the molecule is [C-]#[N+]c1cnc(Nc2cc(-c3ccc(C4CCOCC4)cc3OC)[nH]n2)cn1. The molecule has 0 amide bonds. The lowest BCUT2D eigenvalue weighted by molar-refractivity contribution is 0.0853. The molecule has 142 valence electrons. The van der Waals surface area contributed by atoms with Gasteiger partial charge in [0, 0.05) is 24.8 Å². The number of nitrogens with one attached hydrogen (secondary N) is 2. The topological polar surface area (TPSA) is 89.3 Å². The van der Waals surface area contributed by atoms with Crippen LogP contribution < -0.4 is 10.1 Å². The summed E-state index contributed by atoms with van der Waals surface area (Å²) in [5.74, 6) is 2.69. The van der Waals surface area contributed by atoms with Crippen LogP contribution in [0.25, 0.3) is 16.1 Å². The Balaban J connectivity index is 1.54. The molecule has 2 N–H and O–H groups in total. The largest absolute Gasteiger partial charge is 0.496 e. The van der Waals surface area contributed by atoms with Gasteiger partial charge in [0.15, 0.2) is 17.8 Å².